The van der Waals surface area contributed by atoms with Crippen molar-refractivity contribution in [3.8, 4) is 11.5 Å². The Bertz CT molecular complexity index is 1160. The minimum Gasteiger partial charge on any atom is -0.755 e. The lowest BCUT2D eigenvalue weighted by Crippen LogP contribution is -2.19. The Morgan fingerprint density at radius 3 is 2.24 bits per heavy atom. The van der Waals surface area contributed by atoms with Gasteiger partial charge in [0.1, 0.15) is 11.5 Å². The number of carboxylic acids is 1. The summed E-state index contributed by atoms with van der Waals surface area (Å²) in [4.78, 5) is 11.2. The third-order valence-electron chi connectivity index (χ3n) is 6.08. The topological polar surface area (TPSA) is 99.1 Å². The van der Waals surface area contributed by atoms with Gasteiger partial charge in [0.05, 0.1) is 36.4 Å². The van der Waals surface area contributed by atoms with Gasteiger partial charge in [0.15, 0.2) is 0 Å². The number of hydrogen-bond donors (Lipinski definition) is 1. The predicted molar refractivity (Wildman–Crippen MR) is 145 cm³/mol. The SMILES string of the molecule is COc1ccc(CCCCCCOc2ccc(N(c3ccc(C)cc3)S(=O)[O-])cc2CCC(=O)O)cc1. The number of anilines is 2. The van der Waals surface area contributed by atoms with E-state index >= 15 is 0 Å². The number of carboxylic acid groups (broad SMARTS) is 1. The second-order valence-corrected chi connectivity index (χ2v) is 9.69. The third-order valence-corrected chi connectivity index (χ3v) is 6.80. The van der Waals surface area contributed by atoms with E-state index in [0.29, 0.717) is 29.3 Å². The van der Waals surface area contributed by atoms with Crippen molar-refractivity contribution in [3.05, 3.63) is 83.4 Å². The third kappa shape index (κ3) is 8.91. The second kappa shape index (κ2) is 14.4. The number of aryl methyl sites for hydroxylation is 3. The number of methoxy groups -OCH3 is 1. The summed E-state index contributed by atoms with van der Waals surface area (Å²) < 4.78 is 36.5. The summed E-state index contributed by atoms with van der Waals surface area (Å²) in [5.74, 6) is 0.528. The highest BCUT2D eigenvalue weighted by Gasteiger charge is 2.15. The van der Waals surface area contributed by atoms with E-state index in [1.807, 2.05) is 31.2 Å². The summed E-state index contributed by atoms with van der Waals surface area (Å²) in [6.07, 6.45) is 5.26. The second-order valence-electron chi connectivity index (χ2n) is 8.89. The maximum Gasteiger partial charge on any atom is 0.303 e. The number of nitrogens with zero attached hydrogens (tertiary/aromatic N) is 1. The largest absolute Gasteiger partial charge is 0.755 e. The maximum absolute atomic E-state index is 12.1. The Morgan fingerprint density at radius 2 is 1.59 bits per heavy atom. The highest BCUT2D eigenvalue weighted by molar-refractivity contribution is 7.81. The van der Waals surface area contributed by atoms with Crippen LogP contribution in [0, 0.1) is 6.92 Å². The van der Waals surface area contributed by atoms with Crippen LogP contribution in [-0.4, -0.2) is 33.6 Å². The molecule has 1 atom stereocenters. The van der Waals surface area contributed by atoms with Gasteiger partial charge in [0, 0.05) is 6.42 Å². The maximum atomic E-state index is 12.1. The first-order valence-corrected chi connectivity index (χ1v) is 13.5. The molecule has 0 saturated carbocycles. The summed E-state index contributed by atoms with van der Waals surface area (Å²) in [6, 6.07) is 20.4. The van der Waals surface area contributed by atoms with E-state index in [-0.39, 0.29) is 12.8 Å². The monoisotopic (exact) mass is 524 g/mol. The first-order valence-electron chi connectivity index (χ1n) is 12.4. The molecule has 198 valence electrons. The van der Waals surface area contributed by atoms with Crippen LogP contribution in [0.15, 0.2) is 66.7 Å². The van der Waals surface area contributed by atoms with Crippen molar-refractivity contribution in [1.29, 1.82) is 0 Å². The van der Waals surface area contributed by atoms with Gasteiger partial charge in [-0.1, -0.05) is 42.7 Å². The van der Waals surface area contributed by atoms with E-state index in [4.69, 9.17) is 9.47 Å². The molecular formula is C29H34NO6S-. The minimum absolute atomic E-state index is 0.0732. The lowest BCUT2D eigenvalue weighted by atomic mass is 10.1. The standard InChI is InChI=1S/C29H35NO6S/c1-22-8-13-25(14-9-22)30(37(33)34)26-15-18-28(24(21-26)12-19-29(31)32)36-20-6-4-3-5-7-23-10-16-27(35-2)17-11-23/h8-11,13-18,21H,3-7,12,19-20H2,1-2H3,(H,31,32)(H,33,34)/p-1. The molecular weight excluding hydrogens is 490 g/mol. The van der Waals surface area contributed by atoms with Crippen LogP contribution < -0.4 is 13.8 Å². The Kier molecular flexibility index (Phi) is 11.0. The number of ether oxygens (including phenoxy) is 2. The summed E-state index contributed by atoms with van der Waals surface area (Å²) in [5, 5.41) is 9.19. The lowest BCUT2D eigenvalue weighted by molar-refractivity contribution is -0.136. The van der Waals surface area contributed by atoms with E-state index in [9.17, 15) is 18.7 Å². The molecule has 8 heteroatoms. The van der Waals surface area contributed by atoms with Crippen molar-refractivity contribution in [1.82, 2.24) is 0 Å². The van der Waals surface area contributed by atoms with E-state index in [1.54, 1.807) is 37.4 Å². The number of rotatable bonds is 15. The molecule has 7 nitrogen and oxygen atoms in total. The fourth-order valence-electron chi connectivity index (χ4n) is 4.03. The first kappa shape index (κ1) is 28.2. The molecule has 0 heterocycles. The van der Waals surface area contributed by atoms with Gasteiger partial charge >= 0.3 is 5.97 Å². The van der Waals surface area contributed by atoms with Crippen molar-refractivity contribution in [2.75, 3.05) is 18.0 Å². The minimum atomic E-state index is -2.55. The number of unbranched alkanes of at least 4 members (excludes halogenated alkanes) is 3. The fraction of sp³-hybridized carbons (Fsp3) is 0.345. The summed E-state index contributed by atoms with van der Waals surface area (Å²) in [6.45, 7) is 2.44. The molecule has 0 aliphatic carbocycles. The molecule has 0 aliphatic rings. The molecule has 0 amide bonds. The van der Waals surface area contributed by atoms with Crippen molar-refractivity contribution < 1.29 is 28.1 Å². The number of benzene rings is 3. The van der Waals surface area contributed by atoms with Gasteiger partial charge in [-0.05, 0) is 86.2 Å². The molecule has 0 fully saturated rings. The highest BCUT2D eigenvalue weighted by atomic mass is 32.2. The van der Waals surface area contributed by atoms with E-state index in [0.717, 1.165) is 43.4 Å². The predicted octanol–water partition coefficient (Wildman–Crippen LogP) is 6.13. The fourth-order valence-corrected chi connectivity index (χ4v) is 4.61. The first-order chi connectivity index (χ1) is 17.9. The van der Waals surface area contributed by atoms with E-state index in [1.165, 1.54) is 9.87 Å². The number of carbonyl (C=O) groups is 1. The Labute approximate surface area is 221 Å². The molecule has 0 aromatic heterocycles. The van der Waals surface area contributed by atoms with Gasteiger partial charge in [-0.25, -0.2) is 0 Å². The van der Waals surface area contributed by atoms with E-state index < -0.39 is 17.2 Å². The smallest absolute Gasteiger partial charge is 0.303 e. The molecule has 0 bridgehead atoms. The quantitative estimate of drug-likeness (QED) is 0.190. The van der Waals surface area contributed by atoms with Crippen LogP contribution in [0.25, 0.3) is 0 Å². The zero-order valence-electron chi connectivity index (χ0n) is 21.4. The van der Waals surface area contributed by atoms with Crippen molar-refractivity contribution >= 4 is 28.6 Å². The van der Waals surface area contributed by atoms with Crippen LogP contribution in [0.5, 0.6) is 11.5 Å². The van der Waals surface area contributed by atoms with Crippen LogP contribution >= 0.6 is 0 Å². The van der Waals surface area contributed by atoms with Gasteiger partial charge in [-0.3, -0.25) is 13.3 Å². The molecule has 37 heavy (non-hydrogen) atoms. The molecule has 3 rings (SSSR count). The van der Waals surface area contributed by atoms with Gasteiger partial charge in [-0.15, -0.1) is 0 Å². The van der Waals surface area contributed by atoms with E-state index in [2.05, 4.69) is 12.1 Å². The molecule has 1 unspecified atom stereocenters. The molecule has 0 saturated heterocycles. The van der Waals surface area contributed by atoms with Crippen LogP contribution in [0.2, 0.25) is 0 Å². The summed E-state index contributed by atoms with van der Waals surface area (Å²) >= 11 is -2.55. The Hall–Kier alpha value is -3.36. The molecule has 0 aliphatic heterocycles. The Balaban J connectivity index is 1.57. The Morgan fingerprint density at radius 1 is 0.919 bits per heavy atom. The zero-order chi connectivity index (χ0) is 26.6. The van der Waals surface area contributed by atoms with Crippen LogP contribution in [0.3, 0.4) is 0 Å². The van der Waals surface area contributed by atoms with Gasteiger partial charge in [0.25, 0.3) is 0 Å². The van der Waals surface area contributed by atoms with Gasteiger partial charge < -0.3 is 19.1 Å². The van der Waals surface area contributed by atoms with Crippen LogP contribution in [-0.2, 0) is 28.9 Å². The zero-order valence-corrected chi connectivity index (χ0v) is 22.2. The van der Waals surface area contributed by atoms with Crippen molar-refractivity contribution in [2.45, 2.75) is 51.9 Å². The van der Waals surface area contributed by atoms with Crippen molar-refractivity contribution in [2.24, 2.45) is 0 Å². The average molecular weight is 525 g/mol. The van der Waals surface area contributed by atoms with Gasteiger partial charge in [-0.2, -0.15) is 0 Å². The average Bonchev–Trinajstić information content (AvgIpc) is 2.89. The summed E-state index contributed by atoms with van der Waals surface area (Å²) in [5.41, 5.74) is 3.92. The number of hydrogen-bond acceptors (Lipinski definition) is 5. The lowest BCUT2D eigenvalue weighted by Gasteiger charge is -2.27. The molecule has 3 aromatic rings. The molecule has 3 aromatic carbocycles. The highest BCUT2D eigenvalue weighted by Crippen LogP contribution is 2.32. The molecule has 0 spiro atoms. The van der Waals surface area contributed by atoms with Crippen LogP contribution in [0.1, 0.15) is 48.8 Å². The summed E-state index contributed by atoms with van der Waals surface area (Å²) in [7, 11) is 1.66. The van der Waals surface area contributed by atoms with Crippen molar-refractivity contribution in [3.63, 3.8) is 0 Å². The number of aliphatic carboxylic acids is 1. The van der Waals surface area contributed by atoms with Crippen LogP contribution in [0.4, 0.5) is 11.4 Å². The van der Waals surface area contributed by atoms with Gasteiger partial charge in [0.2, 0.25) is 0 Å². The molecule has 1 N–H and O–H groups in total. The molecule has 0 radical (unpaired) electrons. The normalized spacial score (nSPS) is 11.6.